The van der Waals surface area contributed by atoms with Gasteiger partial charge in [-0.1, -0.05) is 0 Å². The van der Waals surface area contributed by atoms with Crippen molar-refractivity contribution in [3.8, 4) is 0 Å². The van der Waals surface area contributed by atoms with Gasteiger partial charge >= 0.3 is 0 Å². The molecule has 1 heterocycles. The van der Waals surface area contributed by atoms with Crippen molar-refractivity contribution in [1.82, 2.24) is 9.78 Å². The molecule has 0 aromatic carbocycles. The van der Waals surface area contributed by atoms with E-state index in [1.54, 1.807) is 0 Å². The average molecular weight is 288 g/mol. The number of nitrogens with two attached hydrogens (primary N) is 1. The molecule has 0 amide bonds. The van der Waals surface area contributed by atoms with E-state index in [0.717, 1.165) is 19.1 Å². The Hall–Kier alpha value is -1.28. The number of aliphatic hydroxyl groups is 1. The first-order chi connectivity index (χ1) is 8.86. The molecule has 2 atom stereocenters. The Morgan fingerprint density at radius 2 is 2.21 bits per heavy atom. The highest BCUT2D eigenvalue weighted by atomic mass is 32.2. The first-order valence-electron chi connectivity index (χ1n) is 6.36. The number of hydrogen-bond acceptors (Lipinski definition) is 6. The highest BCUT2D eigenvalue weighted by Crippen LogP contribution is 2.36. The molecule has 1 aromatic rings. The molecule has 2 unspecified atom stereocenters. The number of rotatable bonds is 4. The van der Waals surface area contributed by atoms with Crippen LogP contribution in [0.2, 0.25) is 0 Å². The first kappa shape index (κ1) is 14.1. The lowest BCUT2D eigenvalue weighted by molar-refractivity contribution is 0.131. The molecule has 0 radical (unpaired) electrons. The Bertz CT molecular complexity index is 567. The van der Waals surface area contributed by atoms with Gasteiger partial charge in [-0.05, 0) is 26.2 Å². The second kappa shape index (κ2) is 5.01. The summed E-state index contributed by atoms with van der Waals surface area (Å²) in [6.45, 7) is 2.40. The molecular weight excluding hydrogens is 268 g/mol. The molecule has 1 aliphatic carbocycles. The summed E-state index contributed by atoms with van der Waals surface area (Å²) in [6.07, 6.45) is 2.91. The van der Waals surface area contributed by atoms with Crippen molar-refractivity contribution in [1.29, 1.82) is 0 Å². The predicted octanol–water partition coefficient (Wildman–Crippen LogP) is 0.387. The van der Waals surface area contributed by atoms with Crippen LogP contribution < -0.4 is 11.1 Å². The molecule has 4 N–H and O–H groups in total. The van der Waals surface area contributed by atoms with Crippen LogP contribution in [0, 0.1) is 0 Å². The zero-order valence-electron chi connectivity index (χ0n) is 11.1. The summed E-state index contributed by atoms with van der Waals surface area (Å²) in [4.78, 5) is 0.0217. The smallest absolute Gasteiger partial charge is 0.182 e. The van der Waals surface area contributed by atoms with E-state index in [9.17, 15) is 13.5 Å². The van der Waals surface area contributed by atoms with Crippen molar-refractivity contribution in [3.05, 3.63) is 0 Å². The number of aromatic nitrogens is 2. The van der Waals surface area contributed by atoms with Crippen molar-refractivity contribution < 1.29 is 13.5 Å². The van der Waals surface area contributed by atoms with E-state index in [0.29, 0.717) is 13.0 Å². The van der Waals surface area contributed by atoms with Crippen molar-refractivity contribution >= 4 is 21.5 Å². The Morgan fingerprint density at radius 1 is 1.53 bits per heavy atom. The highest BCUT2D eigenvalue weighted by Gasteiger charge is 2.33. The third-order valence-electron chi connectivity index (χ3n) is 3.38. The molecule has 1 aromatic heterocycles. The number of nitrogen functional groups attached to an aromatic ring is 1. The lowest BCUT2D eigenvalue weighted by atomic mass is 10.2. The summed E-state index contributed by atoms with van der Waals surface area (Å²) >= 11 is 0. The lowest BCUT2D eigenvalue weighted by Crippen LogP contribution is -2.21. The minimum absolute atomic E-state index is 0.0217. The standard InChI is InChI=1S/C11H20N4O3S/c1-3-13-11-9(19(2,17)18)10(12)15(14-11)7-5-4-6-8(7)16/h7-8,16H,3-6,12H2,1-2H3,(H,13,14). The van der Waals surface area contributed by atoms with Gasteiger partial charge in [0.25, 0.3) is 0 Å². The van der Waals surface area contributed by atoms with Crippen molar-refractivity contribution in [2.75, 3.05) is 23.9 Å². The van der Waals surface area contributed by atoms with Crippen LogP contribution in [0.4, 0.5) is 11.6 Å². The number of hydrogen-bond donors (Lipinski definition) is 3. The van der Waals surface area contributed by atoms with Gasteiger partial charge in [0, 0.05) is 12.8 Å². The largest absolute Gasteiger partial charge is 0.391 e. The molecule has 8 heteroatoms. The number of anilines is 2. The monoisotopic (exact) mass is 288 g/mol. The number of nitrogens with zero attached hydrogens (tertiary/aromatic N) is 2. The first-order valence-corrected chi connectivity index (χ1v) is 8.25. The van der Waals surface area contributed by atoms with Crippen LogP contribution in [0.15, 0.2) is 4.90 Å². The van der Waals surface area contributed by atoms with Crippen molar-refractivity contribution in [2.24, 2.45) is 0 Å². The molecule has 1 fully saturated rings. The zero-order valence-corrected chi connectivity index (χ0v) is 11.9. The summed E-state index contributed by atoms with van der Waals surface area (Å²) < 4.78 is 25.1. The van der Waals surface area contributed by atoms with E-state index in [1.165, 1.54) is 4.68 Å². The molecule has 0 spiro atoms. The van der Waals surface area contributed by atoms with Gasteiger partial charge in [0.1, 0.15) is 5.82 Å². The molecule has 2 rings (SSSR count). The lowest BCUT2D eigenvalue weighted by Gasteiger charge is -2.16. The third kappa shape index (κ3) is 2.55. The molecule has 0 bridgehead atoms. The molecule has 0 saturated heterocycles. The van der Waals surface area contributed by atoms with Gasteiger partial charge in [0.2, 0.25) is 0 Å². The van der Waals surface area contributed by atoms with E-state index >= 15 is 0 Å². The predicted molar refractivity (Wildman–Crippen MR) is 72.8 cm³/mol. The van der Waals surface area contributed by atoms with Crippen LogP contribution in [-0.4, -0.2) is 42.2 Å². The van der Waals surface area contributed by atoms with Crippen LogP contribution in [0.3, 0.4) is 0 Å². The van der Waals surface area contributed by atoms with Crippen LogP contribution in [0.25, 0.3) is 0 Å². The van der Waals surface area contributed by atoms with E-state index in [4.69, 9.17) is 5.73 Å². The fraction of sp³-hybridized carbons (Fsp3) is 0.727. The maximum Gasteiger partial charge on any atom is 0.182 e. The van der Waals surface area contributed by atoms with Crippen LogP contribution in [0.1, 0.15) is 32.2 Å². The summed E-state index contributed by atoms with van der Waals surface area (Å²) in [5.41, 5.74) is 5.93. The Balaban J connectivity index is 2.52. The molecule has 19 heavy (non-hydrogen) atoms. The maximum absolute atomic E-state index is 11.8. The molecule has 7 nitrogen and oxygen atoms in total. The Kier molecular flexibility index (Phi) is 3.73. The normalized spacial score (nSPS) is 23.7. The summed E-state index contributed by atoms with van der Waals surface area (Å²) in [7, 11) is -3.47. The van der Waals surface area contributed by atoms with Crippen LogP contribution in [0.5, 0.6) is 0 Å². The van der Waals surface area contributed by atoms with Gasteiger partial charge in [0.05, 0.1) is 12.1 Å². The SMILES string of the molecule is CCNc1nn(C2CCCC2O)c(N)c1S(C)(=O)=O. The van der Waals surface area contributed by atoms with Gasteiger partial charge in [-0.15, -0.1) is 0 Å². The number of nitrogens with one attached hydrogen (secondary N) is 1. The maximum atomic E-state index is 11.8. The topological polar surface area (TPSA) is 110 Å². The summed E-state index contributed by atoms with van der Waals surface area (Å²) in [5.74, 6) is 0.367. The summed E-state index contributed by atoms with van der Waals surface area (Å²) in [6, 6.07) is -0.243. The molecule has 1 saturated carbocycles. The average Bonchev–Trinajstić information content (AvgIpc) is 2.82. The second-order valence-electron chi connectivity index (χ2n) is 4.88. The van der Waals surface area contributed by atoms with Gasteiger partial charge in [-0.3, -0.25) is 0 Å². The van der Waals surface area contributed by atoms with Gasteiger partial charge in [-0.25, -0.2) is 13.1 Å². The molecule has 1 aliphatic rings. The van der Waals surface area contributed by atoms with Crippen LogP contribution in [-0.2, 0) is 9.84 Å². The van der Waals surface area contributed by atoms with Crippen LogP contribution >= 0.6 is 0 Å². The van der Waals surface area contributed by atoms with Gasteiger partial charge in [-0.2, -0.15) is 5.10 Å². The van der Waals surface area contributed by atoms with Gasteiger partial charge in [0.15, 0.2) is 20.6 Å². The van der Waals surface area contributed by atoms with Gasteiger partial charge < -0.3 is 16.2 Å². The fourth-order valence-electron chi connectivity index (χ4n) is 2.54. The molecular formula is C11H20N4O3S. The fourth-order valence-corrected chi connectivity index (χ4v) is 3.48. The molecule has 0 aliphatic heterocycles. The van der Waals surface area contributed by atoms with E-state index < -0.39 is 15.9 Å². The zero-order chi connectivity index (χ0) is 14.2. The molecule has 108 valence electrons. The quantitative estimate of drug-likeness (QED) is 0.739. The van der Waals surface area contributed by atoms with E-state index in [2.05, 4.69) is 10.4 Å². The number of aliphatic hydroxyl groups excluding tert-OH is 1. The van der Waals surface area contributed by atoms with Crippen molar-refractivity contribution in [2.45, 2.75) is 43.2 Å². The minimum Gasteiger partial charge on any atom is -0.391 e. The van der Waals surface area contributed by atoms with Crippen molar-refractivity contribution in [3.63, 3.8) is 0 Å². The minimum atomic E-state index is -3.47. The summed E-state index contributed by atoms with van der Waals surface area (Å²) in [5, 5.41) is 17.1. The second-order valence-corrected chi connectivity index (χ2v) is 6.83. The Morgan fingerprint density at radius 3 is 2.68 bits per heavy atom. The van der Waals surface area contributed by atoms with E-state index in [1.807, 2.05) is 6.92 Å². The Labute approximate surface area is 112 Å². The third-order valence-corrected chi connectivity index (χ3v) is 4.52. The number of sulfone groups is 1. The van der Waals surface area contributed by atoms with E-state index in [-0.39, 0.29) is 22.6 Å². The highest BCUT2D eigenvalue weighted by molar-refractivity contribution is 7.91.